The van der Waals surface area contributed by atoms with E-state index in [4.69, 9.17) is 4.98 Å². The lowest BCUT2D eigenvalue weighted by Gasteiger charge is -2.41. The first-order valence-corrected chi connectivity index (χ1v) is 10.00. The number of hydrogen-bond acceptors (Lipinski definition) is 1. The van der Waals surface area contributed by atoms with Crippen LogP contribution in [0.2, 0.25) is 0 Å². The lowest BCUT2D eigenvalue weighted by atomic mass is 9.62. The van der Waals surface area contributed by atoms with Gasteiger partial charge in [-0.3, -0.25) is 4.98 Å². The summed E-state index contributed by atoms with van der Waals surface area (Å²) >= 11 is 0. The number of rotatable bonds is 1. The quantitative estimate of drug-likeness (QED) is 0.347. The summed E-state index contributed by atoms with van der Waals surface area (Å²) in [5, 5.41) is 2.44. The van der Waals surface area contributed by atoms with E-state index in [1.165, 1.54) is 38.6 Å². The summed E-state index contributed by atoms with van der Waals surface area (Å²) in [5.74, 6) is 0. The maximum atomic E-state index is 4.76. The summed E-state index contributed by atoms with van der Waals surface area (Å²) in [6, 6.07) is 26.4. The Morgan fingerprint density at radius 2 is 1.46 bits per heavy atom. The van der Waals surface area contributed by atoms with Gasteiger partial charge in [-0.2, -0.15) is 0 Å². The van der Waals surface area contributed by atoms with E-state index in [9.17, 15) is 0 Å². The molecule has 28 heavy (non-hydrogen) atoms. The van der Waals surface area contributed by atoms with E-state index in [0.29, 0.717) is 0 Å². The summed E-state index contributed by atoms with van der Waals surface area (Å²) in [4.78, 5) is 4.76. The van der Waals surface area contributed by atoms with Crippen LogP contribution < -0.4 is 0 Å². The van der Waals surface area contributed by atoms with E-state index >= 15 is 0 Å². The third kappa shape index (κ3) is 2.22. The molecule has 1 atom stereocenters. The Morgan fingerprint density at radius 3 is 2.29 bits per heavy atom. The van der Waals surface area contributed by atoms with Gasteiger partial charge in [0, 0.05) is 22.6 Å². The summed E-state index contributed by atoms with van der Waals surface area (Å²) in [6.07, 6.45) is 1.92. The topological polar surface area (TPSA) is 12.9 Å². The molecule has 1 unspecified atom stereocenters. The average Bonchev–Trinajstić information content (AvgIpc) is 2.97. The minimum Gasteiger partial charge on any atom is -0.256 e. The smallest absolute Gasteiger partial charge is 0.0780 e. The van der Waals surface area contributed by atoms with Crippen LogP contribution in [-0.2, 0) is 5.41 Å². The van der Waals surface area contributed by atoms with Crippen LogP contribution in [-0.4, -0.2) is 4.98 Å². The Hall–Kier alpha value is -2.93. The van der Waals surface area contributed by atoms with Gasteiger partial charge in [0.05, 0.1) is 5.69 Å². The van der Waals surface area contributed by atoms with Gasteiger partial charge in [0.2, 0.25) is 0 Å². The van der Waals surface area contributed by atoms with Crippen molar-refractivity contribution in [2.75, 3.05) is 0 Å². The van der Waals surface area contributed by atoms with Gasteiger partial charge in [-0.15, -0.1) is 0 Å². The van der Waals surface area contributed by atoms with E-state index in [2.05, 4.69) is 100 Å². The molecule has 4 aromatic rings. The molecule has 1 heterocycles. The number of hydrogen-bond donors (Lipinski definition) is 0. The van der Waals surface area contributed by atoms with Crippen molar-refractivity contribution in [3.05, 3.63) is 90.1 Å². The van der Waals surface area contributed by atoms with Gasteiger partial charge in [0.25, 0.3) is 0 Å². The van der Waals surface area contributed by atoms with Crippen LogP contribution >= 0.6 is 0 Å². The summed E-state index contributed by atoms with van der Waals surface area (Å²) in [6.45, 7) is 9.45. The number of fused-ring (bicyclic) bond motifs is 4. The van der Waals surface area contributed by atoms with Crippen LogP contribution in [0.25, 0.3) is 33.2 Å². The van der Waals surface area contributed by atoms with Crippen LogP contribution in [0, 0.1) is 5.41 Å². The molecule has 0 saturated carbocycles. The van der Waals surface area contributed by atoms with Crippen LogP contribution in [0.4, 0.5) is 0 Å². The highest BCUT2D eigenvalue weighted by Crippen LogP contribution is 2.57. The minimum absolute atomic E-state index is 0.0421. The first-order chi connectivity index (χ1) is 13.4. The molecule has 5 rings (SSSR count). The highest BCUT2D eigenvalue weighted by molar-refractivity contribution is 5.95. The molecule has 0 aliphatic heterocycles. The van der Waals surface area contributed by atoms with Crippen LogP contribution in [0.1, 0.15) is 38.8 Å². The fourth-order valence-corrected chi connectivity index (χ4v) is 4.80. The molecule has 3 aromatic carbocycles. The zero-order valence-electron chi connectivity index (χ0n) is 17.0. The van der Waals surface area contributed by atoms with E-state index in [0.717, 1.165) is 5.69 Å². The monoisotopic (exact) mass is 363 g/mol. The van der Waals surface area contributed by atoms with Crippen molar-refractivity contribution in [1.29, 1.82) is 0 Å². The van der Waals surface area contributed by atoms with Crippen molar-refractivity contribution in [3.63, 3.8) is 0 Å². The number of aromatic nitrogens is 1. The van der Waals surface area contributed by atoms with Crippen molar-refractivity contribution >= 4 is 10.8 Å². The lowest BCUT2D eigenvalue weighted by molar-refractivity contribution is 0.255. The van der Waals surface area contributed by atoms with Crippen molar-refractivity contribution < 1.29 is 0 Å². The molecule has 0 bridgehead atoms. The van der Waals surface area contributed by atoms with Gasteiger partial charge < -0.3 is 0 Å². The maximum absolute atomic E-state index is 4.76. The normalized spacial score (nSPS) is 18.1. The predicted octanol–water partition coefficient (Wildman–Crippen LogP) is 7.23. The molecule has 0 saturated heterocycles. The molecule has 1 aliphatic carbocycles. The largest absolute Gasteiger partial charge is 0.256 e. The summed E-state index contributed by atoms with van der Waals surface area (Å²) in [5.41, 5.74) is 7.88. The molecule has 1 nitrogen and oxygen atoms in total. The number of pyridine rings is 1. The van der Waals surface area contributed by atoms with E-state index in [1.54, 1.807) is 0 Å². The predicted molar refractivity (Wildman–Crippen MR) is 119 cm³/mol. The molecule has 0 amide bonds. The van der Waals surface area contributed by atoms with Crippen molar-refractivity contribution in [3.8, 4) is 22.4 Å². The maximum Gasteiger partial charge on any atom is 0.0780 e. The molecule has 0 spiro atoms. The highest BCUT2D eigenvalue weighted by atomic mass is 14.7. The van der Waals surface area contributed by atoms with E-state index in [-0.39, 0.29) is 10.8 Å². The lowest BCUT2D eigenvalue weighted by Crippen LogP contribution is -2.36. The first-order valence-electron chi connectivity index (χ1n) is 10.00. The van der Waals surface area contributed by atoms with Gasteiger partial charge in [-0.1, -0.05) is 88.4 Å². The van der Waals surface area contributed by atoms with Gasteiger partial charge in [0.1, 0.15) is 0 Å². The third-order valence-electron chi connectivity index (χ3n) is 6.76. The van der Waals surface area contributed by atoms with Gasteiger partial charge in [-0.05, 0) is 45.2 Å². The Kier molecular flexibility index (Phi) is 3.55. The molecule has 0 radical (unpaired) electrons. The number of benzene rings is 3. The molecule has 1 heteroatoms. The van der Waals surface area contributed by atoms with Gasteiger partial charge in [0.15, 0.2) is 0 Å². The summed E-state index contributed by atoms with van der Waals surface area (Å²) < 4.78 is 0. The average molecular weight is 364 g/mol. The van der Waals surface area contributed by atoms with Gasteiger partial charge >= 0.3 is 0 Å². The Labute approximate surface area is 167 Å². The standard InChI is InChI=1S/C27H25N/c1-26(2,3)27(4)23-12-8-7-11-21(23)22-14-13-19(17-24(22)27)25-20-10-6-5-9-18(20)15-16-28-25/h5-17H,1-4H3. The third-order valence-corrected chi connectivity index (χ3v) is 6.76. The van der Waals surface area contributed by atoms with Crippen LogP contribution in [0.15, 0.2) is 79.0 Å². The van der Waals surface area contributed by atoms with Crippen LogP contribution in [0.3, 0.4) is 0 Å². The van der Waals surface area contributed by atoms with Crippen molar-refractivity contribution in [2.45, 2.75) is 33.1 Å². The minimum atomic E-state index is -0.0421. The fraction of sp³-hybridized carbons (Fsp3) is 0.222. The molecule has 1 aromatic heterocycles. The number of nitrogens with zero attached hydrogens (tertiary/aromatic N) is 1. The van der Waals surface area contributed by atoms with Crippen molar-refractivity contribution in [1.82, 2.24) is 4.98 Å². The second-order valence-electron chi connectivity index (χ2n) is 9.06. The molecular weight excluding hydrogens is 338 g/mol. The zero-order chi connectivity index (χ0) is 19.5. The fourth-order valence-electron chi connectivity index (χ4n) is 4.80. The van der Waals surface area contributed by atoms with Crippen molar-refractivity contribution in [2.24, 2.45) is 5.41 Å². The first kappa shape index (κ1) is 17.2. The Balaban J connectivity index is 1.80. The zero-order valence-corrected chi connectivity index (χ0v) is 17.0. The van der Waals surface area contributed by atoms with Crippen LogP contribution in [0.5, 0.6) is 0 Å². The molecular formula is C27H25N. The van der Waals surface area contributed by atoms with Gasteiger partial charge in [-0.25, -0.2) is 0 Å². The molecule has 138 valence electrons. The molecule has 1 aliphatic rings. The second-order valence-corrected chi connectivity index (χ2v) is 9.06. The Bertz CT molecular complexity index is 1210. The Morgan fingerprint density at radius 1 is 0.750 bits per heavy atom. The SMILES string of the molecule is CC(C)(C)C1(C)c2ccccc2-c2ccc(-c3nccc4ccccc34)cc21. The summed E-state index contributed by atoms with van der Waals surface area (Å²) in [7, 11) is 0. The van der Waals surface area contributed by atoms with E-state index < -0.39 is 0 Å². The second kappa shape index (κ2) is 5.78. The van der Waals surface area contributed by atoms with E-state index in [1.807, 2.05) is 6.20 Å². The highest BCUT2D eigenvalue weighted by Gasteiger charge is 2.47. The molecule has 0 N–H and O–H groups in total. The molecule has 0 fully saturated rings.